The standard InChI is InChI=1S/C18H18N2O5S/c21-16(17(22)20-12-5-6-13-14(8-12)25-10-24-13)19-9-18(23,11-3-4-11)15-2-1-7-26-15/h1-2,5-8,11,23H,3-4,9-10H2,(H,19,21)(H,20,22). The van der Waals surface area contributed by atoms with E-state index in [1.165, 1.54) is 11.3 Å². The summed E-state index contributed by atoms with van der Waals surface area (Å²) in [6, 6.07) is 8.60. The van der Waals surface area contributed by atoms with Gasteiger partial charge < -0.3 is 25.2 Å². The Hall–Kier alpha value is -2.58. The Labute approximate surface area is 153 Å². The van der Waals surface area contributed by atoms with Crippen molar-refractivity contribution in [2.24, 2.45) is 5.92 Å². The molecule has 4 rings (SSSR count). The van der Waals surface area contributed by atoms with Crippen molar-refractivity contribution in [2.75, 3.05) is 18.7 Å². The molecule has 7 nitrogen and oxygen atoms in total. The highest BCUT2D eigenvalue weighted by Crippen LogP contribution is 2.46. The molecule has 8 heteroatoms. The van der Waals surface area contributed by atoms with E-state index in [1.807, 2.05) is 17.5 Å². The first kappa shape index (κ1) is 16.9. The lowest BCUT2D eigenvalue weighted by Gasteiger charge is -2.27. The van der Waals surface area contributed by atoms with Crippen LogP contribution in [0.4, 0.5) is 5.69 Å². The van der Waals surface area contributed by atoms with Gasteiger partial charge >= 0.3 is 11.8 Å². The first-order chi connectivity index (χ1) is 12.6. The molecule has 26 heavy (non-hydrogen) atoms. The largest absolute Gasteiger partial charge is 0.454 e. The van der Waals surface area contributed by atoms with Crippen LogP contribution in [0.2, 0.25) is 0 Å². The summed E-state index contributed by atoms with van der Waals surface area (Å²) in [5, 5.41) is 17.9. The predicted octanol–water partition coefficient (Wildman–Crippen LogP) is 1.83. The van der Waals surface area contributed by atoms with Crippen molar-refractivity contribution in [1.82, 2.24) is 5.32 Å². The number of rotatable bonds is 5. The summed E-state index contributed by atoms with van der Waals surface area (Å²) in [4.78, 5) is 25.1. The number of thiophene rings is 1. The molecule has 2 amide bonds. The maximum Gasteiger partial charge on any atom is 0.313 e. The molecule has 1 unspecified atom stereocenters. The zero-order valence-electron chi connectivity index (χ0n) is 13.9. The van der Waals surface area contributed by atoms with Crippen LogP contribution in [-0.2, 0) is 15.2 Å². The minimum atomic E-state index is -1.12. The summed E-state index contributed by atoms with van der Waals surface area (Å²) in [6.07, 6.45) is 1.82. The molecular weight excluding hydrogens is 356 g/mol. The second-order valence-corrected chi connectivity index (χ2v) is 7.33. The van der Waals surface area contributed by atoms with Crippen molar-refractivity contribution in [2.45, 2.75) is 18.4 Å². The summed E-state index contributed by atoms with van der Waals surface area (Å²) in [7, 11) is 0. The number of nitrogens with one attached hydrogen (secondary N) is 2. The van der Waals surface area contributed by atoms with Crippen molar-refractivity contribution < 1.29 is 24.2 Å². The number of amides is 2. The molecule has 1 aliphatic heterocycles. The Balaban J connectivity index is 1.37. The molecule has 0 bridgehead atoms. The van der Waals surface area contributed by atoms with Gasteiger partial charge in [0.25, 0.3) is 0 Å². The van der Waals surface area contributed by atoms with Crippen LogP contribution in [0, 0.1) is 5.92 Å². The molecule has 1 atom stereocenters. The highest BCUT2D eigenvalue weighted by atomic mass is 32.1. The molecule has 0 spiro atoms. The molecule has 2 aromatic rings. The highest BCUT2D eigenvalue weighted by Gasteiger charge is 2.46. The van der Waals surface area contributed by atoms with Gasteiger partial charge in [-0.05, 0) is 42.3 Å². The maximum absolute atomic E-state index is 12.2. The topological polar surface area (TPSA) is 96.9 Å². The smallest absolute Gasteiger partial charge is 0.313 e. The molecule has 1 fully saturated rings. The zero-order chi connectivity index (χ0) is 18.1. The van der Waals surface area contributed by atoms with Crippen LogP contribution in [0.5, 0.6) is 11.5 Å². The third-order valence-corrected chi connectivity index (χ3v) is 5.59. The van der Waals surface area contributed by atoms with Gasteiger partial charge in [0.05, 0.1) is 6.54 Å². The number of hydrogen-bond donors (Lipinski definition) is 3. The number of ether oxygens (including phenoxy) is 2. The summed E-state index contributed by atoms with van der Waals surface area (Å²) < 4.78 is 10.4. The fourth-order valence-electron chi connectivity index (χ4n) is 2.98. The van der Waals surface area contributed by atoms with E-state index in [0.717, 1.165) is 17.7 Å². The van der Waals surface area contributed by atoms with Gasteiger partial charge in [0.15, 0.2) is 11.5 Å². The van der Waals surface area contributed by atoms with Gasteiger partial charge in [0, 0.05) is 16.6 Å². The minimum Gasteiger partial charge on any atom is -0.454 e. The van der Waals surface area contributed by atoms with Crippen molar-refractivity contribution >= 4 is 28.8 Å². The number of aliphatic hydroxyl groups is 1. The van der Waals surface area contributed by atoms with Crippen molar-refractivity contribution in [3.63, 3.8) is 0 Å². The number of fused-ring (bicyclic) bond motifs is 1. The lowest BCUT2D eigenvalue weighted by Crippen LogP contribution is -2.45. The molecule has 2 heterocycles. The molecule has 2 aliphatic rings. The predicted molar refractivity (Wildman–Crippen MR) is 95.1 cm³/mol. The van der Waals surface area contributed by atoms with E-state index in [-0.39, 0.29) is 19.3 Å². The van der Waals surface area contributed by atoms with Crippen LogP contribution in [0.1, 0.15) is 17.7 Å². The van der Waals surface area contributed by atoms with E-state index in [4.69, 9.17) is 9.47 Å². The normalized spacial score (nSPS) is 17.4. The molecule has 1 aromatic carbocycles. The summed E-state index contributed by atoms with van der Waals surface area (Å²) in [5.74, 6) is -0.369. The van der Waals surface area contributed by atoms with Crippen molar-refractivity contribution in [3.05, 3.63) is 40.6 Å². The van der Waals surface area contributed by atoms with Gasteiger partial charge in [0.2, 0.25) is 6.79 Å². The number of hydrogen-bond acceptors (Lipinski definition) is 6. The van der Waals surface area contributed by atoms with Gasteiger partial charge in [-0.1, -0.05) is 6.07 Å². The lowest BCUT2D eigenvalue weighted by molar-refractivity contribution is -0.137. The third-order valence-electron chi connectivity index (χ3n) is 4.56. The molecule has 1 aliphatic carbocycles. The Bertz CT molecular complexity index is 834. The Morgan fingerprint density at radius 3 is 2.73 bits per heavy atom. The molecule has 3 N–H and O–H groups in total. The fourth-order valence-corrected chi connectivity index (χ4v) is 3.88. The Morgan fingerprint density at radius 2 is 2.00 bits per heavy atom. The number of benzene rings is 1. The number of anilines is 1. The van der Waals surface area contributed by atoms with Crippen LogP contribution in [0.15, 0.2) is 35.7 Å². The first-order valence-electron chi connectivity index (χ1n) is 8.31. The average Bonchev–Trinajstić information content (AvgIpc) is 3.16. The van der Waals surface area contributed by atoms with E-state index in [9.17, 15) is 14.7 Å². The zero-order valence-corrected chi connectivity index (χ0v) is 14.7. The third kappa shape index (κ3) is 3.25. The minimum absolute atomic E-state index is 0.00553. The van der Waals surface area contributed by atoms with Crippen molar-refractivity contribution in [1.29, 1.82) is 0 Å². The highest BCUT2D eigenvalue weighted by molar-refractivity contribution is 7.10. The summed E-state index contributed by atoms with van der Waals surface area (Å²) >= 11 is 1.44. The quantitative estimate of drug-likeness (QED) is 0.694. The van der Waals surface area contributed by atoms with E-state index >= 15 is 0 Å². The summed E-state index contributed by atoms with van der Waals surface area (Å²) in [5.41, 5.74) is -0.687. The second-order valence-electron chi connectivity index (χ2n) is 6.38. The van der Waals surface area contributed by atoms with Gasteiger partial charge in [-0.25, -0.2) is 0 Å². The van der Waals surface area contributed by atoms with E-state index in [2.05, 4.69) is 10.6 Å². The monoisotopic (exact) mass is 374 g/mol. The van der Waals surface area contributed by atoms with Gasteiger partial charge in [-0.3, -0.25) is 9.59 Å². The molecular formula is C18H18N2O5S. The lowest BCUT2D eigenvalue weighted by atomic mass is 9.95. The van der Waals surface area contributed by atoms with Gasteiger partial charge in [-0.2, -0.15) is 0 Å². The van der Waals surface area contributed by atoms with Gasteiger partial charge in [0.1, 0.15) is 5.60 Å². The number of carbonyl (C=O) groups is 2. The molecule has 136 valence electrons. The van der Waals surface area contributed by atoms with Crippen LogP contribution in [0.3, 0.4) is 0 Å². The fraction of sp³-hybridized carbons (Fsp3) is 0.333. The van der Waals surface area contributed by atoms with Crippen LogP contribution < -0.4 is 20.1 Å². The molecule has 0 saturated heterocycles. The van der Waals surface area contributed by atoms with Crippen LogP contribution in [0.25, 0.3) is 0 Å². The van der Waals surface area contributed by atoms with E-state index in [0.29, 0.717) is 17.2 Å². The van der Waals surface area contributed by atoms with E-state index < -0.39 is 17.4 Å². The van der Waals surface area contributed by atoms with E-state index in [1.54, 1.807) is 18.2 Å². The van der Waals surface area contributed by atoms with Crippen molar-refractivity contribution in [3.8, 4) is 11.5 Å². The average molecular weight is 374 g/mol. The van der Waals surface area contributed by atoms with Crippen LogP contribution in [-0.4, -0.2) is 30.3 Å². The van der Waals surface area contributed by atoms with Crippen LogP contribution >= 0.6 is 11.3 Å². The molecule has 1 saturated carbocycles. The first-order valence-corrected chi connectivity index (χ1v) is 9.19. The molecule has 1 aromatic heterocycles. The summed E-state index contributed by atoms with van der Waals surface area (Å²) in [6.45, 7) is 0.140. The van der Waals surface area contributed by atoms with Gasteiger partial charge in [-0.15, -0.1) is 11.3 Å². The maximum atomic E-state index is 12.2. The SMILES string of the molecule is O=C(NCC(O)(c1cccs1)C1CC1)C(=O)Nc1ccc2c(c1)OCO2. The Kier molecular flexibility index (Phi) is 4.29. The molecule has 0 radical (unpaired) electrons. The Morgan fingerprint density at radius 1 is 1.19 bits per heavy atom. The number of carbonyl (C=O) groups excluding carboxylic acids is 2. The second kappa shape index (κ2) is 6.62.